The number of hydrogen-bond donors (Lipinski definition) is 4. The third kappa shape index (κ3) is 24.0. The zero-order chi connectivity index (χ0) is 100. The van der Waals surface area contributed by atoms with E-state index in [9.17, 15) is 57.2 Å². The molecule has 0 saturated carbocycles. The summed E-state index contributed by atoms with van der Waals surface area (Å²) in [6, 6.07) is 77.4. The van der Waals surface area contributed by atoms with E-state index in [-0.39, 0.29) is 61.3 Å². The topological polar surface area (TPSA) is 343 Å². The average molecular weight is 2090 g/mol. The van der Waals surface area contributed by atoms with E-state index in [0.29, 0.717) is 158 Å². The normalized spacial score (nSPS) is 15.5. The van der Waals surface area contributed by atoms with Gasteiger partial charge >= 0.3 is 0 Å². The van der Waals surface area contributed by atoms with E-state index in [1.807, 2.05) is 140 Å². The van der Waals surface area contributed by atoms with Crippen LogP contribution in [0.2, 0.25) is 25.1 Å². The van der Waals surface area contributed by atoms with Gasteiger partial charge in [0.05, 0.1) is 127 Å². The first-order valence-electron chi connectivity index (χ1n) is 46.3. The van der Waals surface area contributed by atoms with E-state index >= 15 is 0 Å². The van der Waals surface area contributed by atoms with Crippen LogP contribution in [0.5, 0.6) is 0 Å². The molecule has 36 heteroatoms. The van der Waals surface area contributed by atoms with Crippen LogP contribution in [0.1, 0.15) is 124 Å². The highest BCUT2D eigenvalue weighted by Crippen LogP contribution is 2.40. The molecule has 4 aliphatic heterocycles. The standard InChI is InChI=1S/C27H23Cl2N3O3S.C27H23ClFN3O3S.C27H26N4O3S.C26H22Cl2N4O3S/c2*28-23-12-9-19(16-22(23)26-13-8-18-6-2-3-7-25(18)31-26)30-27(33)21-11-10-20(17-24(21)29)32-14-4-1-5-15-36(32,34)35;1-19-9-12-22(17-24(19)26-28-18-21-7-3-4-8-25(21)30-26)29-27(32)20-10-13-23(14-11-20)31-15-5-2-6-16-35(31,33)34;27-22-9-6-17(15-21(22)25-20-5-4-11-29-24(20)10-12-30-25)31-26(33)19-8-7-18(16-23(19)28)32-13-2-1-3-14-36(32,34)35/h2*2-3,6-13,16-17H,1,4-5,14-15H2,(H,30,33);3-4,7-14,17-18H,2,5-6,15-16H2,1H3,(H,29,32);4-12,15-16H,1-3,13-14H2,(H,31,33). The summed E-state index contributed by atoms with van der Waals surface area (Å²) < 4.78 is 121. The number of hydrogen-bond acceptors (Lipinski definition) is 18. The summed E-state index contributed by atoms with van der Waals surface area (Å²) in [6.45, 7) is 3.55. The first-order chi connectivity index (χ1) is 68.9. The molecule has 0 radical (unpaired) electrons. The van der Waals surface area contributed by atoms with Gasteiger partial charge in [-0.2, -0.15) is 0 Å². The molecule has 5 aromatic heterocycles. The molecular formula is C107H94Cl5FN14O12S4. The van der Waals surface area contributed by atoms with Crippen LogP contribution in [-0.4, -0.2) is 136 Å². The Morgan fingerprint density at radius 3 is 1.17 bits per heavy atom. The predicted octanol–water partition coefficient (Wildman–Crippen LogP) is 24.4. The number of nitrogens with one attached hydrogen (secondary N) is 4. The number of pyridine rings is 4. The molecule has 0 bridgehead atoms. The lowest BCUT2D eigenvalue weighted by atomic mass is 10.1. The average Bonchev–Trinajstić information content (AvgIpc) is 1.46. The van der Waals surface area contributed by atoms with E-state index < -0.39 is 63.6 Å². The predicted molar refractivity (Wildman–Crippen MR) is 572 cm³/mol. The van der Waals surface area contributed by atoms with Crippen LogP contribution >= 0.6 is 58.0 Å². The third-order valence-electron chi connectivity index (χ3n) is 24.7. The Labute approximate surface area is 852 Å². The zero-order valence-electron chi connectivity index (χ0n) is 77.0. The van der Waals surface area contributed by atoms with Gasteiger partial charge in [-0.15, -0.1) is 0 Å². The van der Waals surface area contributed by atoms with Crippen LogP contribution in [0.25, 0.3) is 88.8 Å². The number of para-hydroxylation sites is 3. The lowest BCUT2D eigenvalue weighted by Gasteiger charge is -2.22. The van der Waals surface area contributed by atoms with Gasteiger partial charge in [0.1, 0.15) is 5.82 Å². The maximum Gasteiger partial charge on any atom is 0.258 e. The summed E-state index contributed by atoms with van der Waals surface area (Å²) in [5, 5.41) is 17.0. The van der Waals surface area contributed by atoms with Crippen LogP contribution < -0.4 is 38.5 Å². The van der Waals surface area contributed by atoms with E-state index in [4.69, 9.17) is 63.0 Å². The van der Waals surface area contributed by atoms with Gasteiger partial charge in [-0.1, -0.05) is 156 Å². The number of sulfonamides is 4. The van der Waals surface area contributed by atoms with Crippen molar-refractivity contribution >= 4 is 211 Å². The molecule has 4 N–H and O–H groups in total. The molecular weight excluding hydrogens is 2000 g/mol. The number of nitrogens with zero attached hydrogens (tertiary/aromatic N) is 10. The maximum atomic E-state index is 15.0. The molecule has 4 aliphatic rings. The third-order valence-corrected chi connectivity index (χ3v) is 33.8. The van der Waals surface area contributed by atoms with Crippen molar-refractivity contribution in [1.82, 2.24) is 29.9 Å². The Bertz CT molecular complexity index is 7860. The van der Waals surface area contributed by atoms with E-state index in [0.717, 1.165) is 106 Å². The summed E-state index contributed by atoms with van der Waals surface area (Å²) in [4.78, 5) is 79.3. The Morgan fingerprint density at radius 1 is 0.315 bits per heavy atom. The maximum absolute atomic E-state index is 15.0. The highest BCUT2D eigenvalue weighted by Gasteiger charge is 2.32. The Kier molecular flexibility index (Phi) is 31.4. The molecule has 4 fully saturated rings. The number of rotatable bonds is 16. The Hall–Kier alpha value is -13.6. The summed E-state index contributed by atoms with van der Waals surface area (Å²) in [7, 11) is -13.7. The summed E-state index contributed by atoms with van der Waals surface area (Å²) >= 11 is 32.2. The number of aryl methyl sites for hydroxylation is 1. The summed E-state index contributed by atoms with van der Waals surface area (Å²) in [6.07, 6.45) is 14.2. The van der Waals surface area contributed by atoms with Crippen molar-refractivity contribution in [3.63, 3.8) is 0 Å². The van der Waals surface area contributed by atoms with Gasteiger partial charge < -0.3 is 21.3 Å². The van der Waals surface area contributed by atoms with Crippen molar-refractivity contribution in [3.8, 4) is 45.2 Å². The molecule has 11 aromatic carbocycles. The number of benzene rings is 11. The molecule has 0 atom stereocenters. The zero-order valence-corrected chi connectivity index (χ0v) is 84.1. The Balaban J connectivity index is 0.000000131. The number of carbonyl (C=O) groups is 4. The second kappa shape index (κ2) is 44.5. The minimum absolute atomic E-state index is 0.0296. The first-order valence-corrected chi connectivity index (χ1v) is 54.6. The van der Waals surface area contributed by atoms with Crippen molar-refractivity contribution in [3.05, 3.63) is 344 Å². The van der Waals surface area contributed by atoms with Gasteiger partial charge in [0, 0.05) is 117 Å². The number of aromatic nitrogens is 6. The fourth-order valence-corrected chi connectivity index (χ4v) is 24.9. The van der Waals surface area contributed by atoms with Gasteiger partial charge in [-0.3, -0.25) is 46.4 Å². The van der Waals surface area contributed by atoms with Gasteiger partial charge in [0.25, 0.3) is 23.6 Å². The van der Waals surface area contributed by atoms with Crippen LogP contribution in [0, 0.1) is 12.7 Å². The van der Waals surface area contributed by atoms with E-state index in [1.54, 1.807) is 122 Å². The highest BCUT2D eigenvalue weighted by atomic mass is 35.5. The molecule has 20 rings (SSSR count). The number of amides is 4. The van der Waals surface area contributed by atoms with Gasteiger partial charge in [0.15, 0.2) is 5.82 Å². The fraction of sp³-hybridized carbons (Fsp3) is 0.196. The highest BCUT2D eigenvalue weighted by molar-refractivity contribution is 7.93. The minimum Gasteiger partial charge on any atom is -0.322 e. The smallest absolute Gasteiger partial charge is 0.258 e. The van der Waals surface area contributed by atoms with E-state index in [1.165, 1.54) is 41.5 Å². The minimum atomic E-state index is -3.51. The van der Waals surface area contributed by atoms with Crippen LogP contribution in [-0.2, 0) is 40.1 Å². The summed E-state index contributed by atoms with van der Waals surface area (Å²) in [5.41, 5.74) is 13.7. The molecule has 0 aliphatic carbocycles. The molecule has 0 unspecified atom stereocenters. The number of fused-ring (bicyclic) bond motifs is 4. The lowest BCUT2D eigenvalue weighted by Crippen LogP contribution is -2.32. The number of halogens is 6. The van der Waals surface area contributed by atoms with Crippen molar-refractivity contribution in [2.24, 2.45) is 0 Å². The van der Waals surface area contributed by atoms with Gasteiger partial charge in [0.2, 0.25) is 40.1 Å². The number of anilines is 8. The molecule has 4 saturated heterocycles. The largest absolute Gasteiger partial charge is 0.322 e. The van der Waals surface area contributed by atoms with E-state index in [2.05, 4.69) is 46.2 Å². The first kappa shape index (κ1) is 101. The molecule has 16 aromatic rings. The molecule has 143 heavy (non-hydrogen) atoms. The second-order valence-corrected chi connectivity index (χ2v) is 44.6. The van der Waals surface area contributed by atoms with Crippen LogP contribution in [0.4, 0.5) is 49.9 Å². The van der Waals surface area contributed by atoms with Crippen molar-refractivity contribution in [1.29, 1.82) is 0 Å². The quantitative estimate of drug-likeness (QED) is 0.0698. The van der Waals surface area contributed by atoms with Crippen molar-refractivity contribution in [2.75, 3.05) is 87.7 Å². The van der Waals surface area contributed by atoms with Gasteiger partial charge in [-0.05, 0) is 258 Å². The van der Waals surface area contributed by atoms with Crippen LogP contribution in [0.15, 0.2) is 286 Å². The lowest BCUT2D eigenvalue weighted by molar-refractivity contribution is 0.101. The Morgan fingerprint density at radius 2 is 0.706 bits per heavy atom. The monoisotopic (exact) mass is 2090 g/mol. The summed E-state index contributed by atoms with van der Waals surface area (Å²) in [5.74, 6) is -1.56. The second-order valence-electron chi connectivity index (χ2n) is 34.5. The van der Waals surface area contributed by atoms with Crippen molar-refractivity contribution in [2.45, 2.75) is 84.0 Å². The van der Waals surface area contributed by atoms with Gasteiger partial charge in [-0.25, -0.2) is 58.0 Å². The SMILES string of the molecule is Cc1ccc(NC(=O)c2ccc(N3CCCCCS3(=O)=O)cc2)cc1-c1ncc2ccccc2n1.O=C(Nc1ccc(Cl)c(-c2ccc3ccccc3n2)c1)c1ccc(N2CCCCCS2(=O)=O)cc1Cl.O=C(Nc1ccc(Cl)c(-c2ccc3ccccc3n2)c1)c1ccc(N2CCCCCS2(=O)=O)cc1F.O=C(Nc1ccc(Cl)c(-c2nccc3ncccc23)c1)c1ccc(N2CCCCCS2(=O)=O)cc1Cl. The number of carbonyl (C=O) groups excluding carboxylic acids is 4. The van der Waals surface area contributed by atoms with Crippen LogP contribution in [0.3, 0.4) is 0 Å². The molecule has 730 valence electrons. The molecule has 4 amide bonds. The van der Waals surface area contributed by atoms with Crippen molar-refractivity contribution < 1.29 is 57.2 Å². The molecule has 0 spiro atoms. The fourth-order valence-electron chi connectivity index (χ4n) is 17.2. The molecule has 9 heterocycles. The molecule has 26 nitrogen and oxygen atoms in total.